The molecule has 0 saturated heterocycles. The predicted octanol–water partition coefficient (Wildman–Crippen LogP) is 3.52. The molecule has 0 bridgehead atoms. The molecule has 0 amide bonds. The van der Waals surface area contributed by atoms with Crippen molar-refractivity contribution in [2.75, 3.05) is 0 Å². The Hall–Kier alpha value is -4.38. The molecule has 168 valence electrons. The molecule has 0 saturated carbocycles. The fourth-order valence-corrected chi connectivity index (χ4v) is 5.22. The van der Waals surface area contributed by atoms with Gasteiger partial charge in [0.2, 0.25) is 0 Å². The Labute approximate surface area is 192 Å². The van der Waals surface area contributed by atoms with Crippen LogP contribution in [0.2, 0.25) is 0 Å². The standard InChI is InChI=1S/C23H16FN7O2S/c1-29-13-18(10-27-29)17-8-21-20(25-9-17)11-28-31(21)34(32,33)23-12-26-22-6-5-16(14-30(22)23)15-3-2-4-19(24)7-15/h2-14H,1H3. The molecular weight excluding hydrogens is 457 g/mol. The Morgan fingerprint density at radius 2 is 1.71 bits per heavy atom. The average molecular weight is 473 g/mol. The van der Waals surface area contributed by atoms with Gasteiger partial charge >= 0.3 is 10.0 Å². The number of benzene rings is 1. The summed E-state index contributed by atoms with van der Waals surface area (Å²) in [5.41, 5.74) is 3.98. The number of hydrogen-bond donors (Lipinski definition) is 0. The summed E-state index contributed by atoms with van der Waals surface area (Å²) in [4.78, 5) is 8.60. The summed E-state index contributed by atoms with van der Waals surface area (Å²) in [5.74, 6) is -0.379. The van der Waals surface area contributed by atoms with Gasteiger partial charge in [0, 0.05) is 36.8 Å². The molecule has 5 aromatic heterocycles. The van der Waals surface area contributed by atoms with Crippen molar-refractivity contribution in [2.24, 2.45) is 7.05 Å². The number of aryl methyl sites for hydroxylation is 1. The molecule has 5 heterocycles. The second-order valence-corrected chi connectivity index (χ2v) is 9.49. The summed E-state index contributed by atoms with van der Waals surface area (Å²) >= 11 is 0. The molecule has 0 aliphatic rings. The fraction of sp³-hybridized carbons (Fsp3) is 0.0435. The molecule has 6 rings (SSSR count). The summed E-state index contributed by atoms with van der Waals surface area (Å²) in [5, 5.41) is 8.20. The molecule has 0 fully saturated rings. The van der Waals surface area contributed by atoms with Crippen molar-refractivity contribution in [3.8, 4) is 22.3 Å². The number of nitrogens with zero attached hydrogens (tertiary/aromatic N) is 7. The molecule has 0 unspecified atom stereocenters. The first-order valence-corrected chi connectivity index (χ1v) is 11.7. The lowest BCUT2D eigenvalue weighted by molar-refractivity contribution is 0.577. The molecule has 1 aromatic carbocycles. The van der Waals surface area contributed by atoms with Gasteiger partial charge in [0.05, 0.1) is 18.6 Å². The highest BCUT2D eigenvalue weighted by atomic mass is 32.2. The fourth-order valence-electron chi connectivity index (χ4n) is 3.88. The van der Waals surface area contributed by atoms with Gasteiger partial charge in [-0.25, -0.2) is 9.37 Å². The largest absolute Gasteiger partial charge is 0.301 e. The zero-order valence-corrected chi connectivity index (χ0v) is 18.6. The highest BCUT2D eigenvalue weighted by molar-refractivity contribution is 7.90. The van der Waals surface area contributed by atoms with E-state index in [4.69, 9.17) is 0 Å². The van der Waals surface area contributed by atoms with Crippen LogP contribution in [0.1, 0.15) is 0 Å². The summed E-state index contributed by atoms with van der Waals surface area (Å²) in [6.45, 7) is 0. The van der Waals surface area contributed by atoms with E-state index in [1.54, 1.807) is 60.7 Å². The van der Waals surface area contributed by atoms with Crippen molar-refractivity contribution in [3.05, 3.63) is 85.5 Å². The maximum absolute atomic E-state index is 13.7. The zero-order chi connectivity index (χ0) is 23.4. The molecule has 0 aliphatic carbocycles. The topological polar surface area (TPSA) is 100.0 Å². The SMILES string of the molecule is Cn1cc(-c2cnc3cnn(S(=O)(=O)c4cnc5ccc(-c6cccc(F)c6)cn45)c3c2)cn1. The van der Waals surface area contributed by atoms with Gasteiger partial charge in [-0.2, -0.15) is 22.7 Å². The first-order chi connectivity index (χ1) is 16.4. The number of imidazole rings is 1. The summed E-state index contributed by atoms with van der Waals surface area (Å²) in [6.07, 6.45) is 9.45. The van der Waals surface area contributed by atoms with E-state index < -0.39 is 10.0 Å². The van der Waals surface area contributed by atoms with Gasteiger partial charge in [-0.3, -0.25) is 14.1 Å². The van der Waals surface area contributed by atoms with Gasteiger partial charge in [-0.05, 0) is 41.5 Å². The zero-order valence-electron chi connectivity index (χ0n) is 17.7. The van der Waals surface area contributed by atoms with Crippen LogP contribution in [-0.2, 0) is 17.1 Å². The van der Waals surface area contributed by atoms with Crippen molar-refractivity contribution >= 4 is 26.7 Å². The molecule has 9 nitrogen and oxygen atoms in total. The molecule has 0 spiro atoms. The number of halogens is 1. The van der Waals surface area contributed by atoms with E-state index in [9.17, 15) is 12.8 Å². The lowest BCUT2D eigenvalue weighted by atomic mass is 10.1. The van der Waals surface area contributed by atoms with E-state index in [0.29, 0.717) is 33.4 Å². The van der Waals surface area contributed by atoms with Crippen LogP contribution in [0.5, 0.6) is 0 Å². The van der Waals surface area contributed by atoms with Crippen LogP contribution in [0.15, 0.2) is 84.7 Å². The van der Waals surface area contributed by atoms with E-state index in [2.05, 4.69) is 20.2 Å². The van der Waals surface area contributed by atoms with E-state index in [-0.39, 0.29) is 10.8 Å². The minimum atomic E-state index is -4.14. The third kappa shape index (κ3) is 3.17. The predicted molar refractivity (Wildman–Crippen MR) is 123 cm³/mol. The van der Waals surface area contributed by atoms with E-state index in [0.717, 1.165) is 9.65 Å². The molecule has 0 atom stereocenters. The number of fused-ring (bicyclic) bond motifs is 2. The Morgan fingerprint density at radius 3 is 2.50 bits per heavy atom. The lowest BCUT2D eigenvalue weighted by Gasteiger charge is -2.08. The van der Waals surface area contributed by atoms with Crippen LogP contribution in [0.25, 0.3) is 38.9 Å². The van der Waals surface area contributed by atoms with Crippen molar-refractivity contribution in [2.45, 2.75) is 5.03 Å². The van der Waals surface area contributed by atoms with Gasteiger partial charge in [0.15, 0.2) is 5.03 Å². The molecule has 11 heteroatoms. The maximum atomic E-state index is 13.7. The molecular formula is C23H16FN7O2S. The minimum absolute atomic E-state index is 0.0717. The third-order valence-corrected chi connectivity index (χ3v) is 7.13. The van der Waals surface area contributed by atoms with Crippen molar-refractivity contribution in [1.82, 2.24) is 33.3 Å². The van der Waals surface area contributed by atoms with Crippen LogP contribution in [0.4, 0.5) is 4.39 Å². The number of aromatic nitrogens is 7. The molecule has 0 radical (unpaired) electrons. The molecule has 0 aliphatic heterocycles. The minimum Gasteiger partial charge on any atom is -0.288 e. The van der Waals surface area contributed by atoms with Crippen molar-refractivity contribution in [3.63, 3.8) is 0 Å². The van der Waals surface area contributed by atoms with Crippen LogP contribution >= 0.6 is 0 Å². The number of hydrogen-bond acceptors (Lipinski definition) is 6. The molecule has 0 N–H and O–H groups in total. The second kappa shape index (κ2) is 7.32. The summed E-state index contributed by atoms with van der Waals surface area (Å²) < 4.78 is 45.1. The van der Waals surface area contributed by atoms with Crippen LogP contribution < -0.4 is 0 Å². The average Bonchev–Trinajstić information content (AvgIpc) is 3.56. The van der Waals surface area contributed by atoms with Gasteiger partial charge in [0.1, 0.15) is 22.5 Å². The van der Waals surface area contributed by atoms with Gasteiger partial charge in [0.25, 0.3) is 0 Å². The van der Waals surface area contributed by atoms with Gasteiger partial charge < -0.3 is 0 Å². The lowest BCUT2D eigenvalue weighted by Crippen LogP contribution is -2.16. The third-order valence-electron chi connectivity index (χ3n) is 5.55. The first-order valence-electron chi connectivity index (χ1n) is 10.2. The first kappa shape index (κ1) is 20.2. The highest BCUT2D eigenvalue weighted by Crippen LogP contribution is 2.27. The Kier molecular flexibility index (Phi) is 4.36. The number of pyridine rings is 2. The Bertz CT molecular complexity index is 1820. The van der Waals surface area contributed by atoms with E-state index in [1.807, 2.05) is 6.20 Å². The van der Waals surface area contributed by atoms with Gasteiger partial charge in [-0.15, -0.1) is 0 Å². The maximum Gasteiger partial charge on any atom is 0.301 e. The number of rotatable bonds is 4. The normalized spacial score (nSPS) is 12.1. The van der Waals surface area contributed by atoms with Crippen LogP contribution in [-0.4, -0.2) is 41.8 Å². The Balaban J connectivity index is 1.51. The van der Waals surface area contributed by atoms with Crippen molar-refractivity contribution < 1.29 is 12.8 Å². The highest BCUT2D eigenvalue weighted by Gasteiger charge is 2.25. The second-order valence-electron chi connectivity index (χ2n) is 7.78. The molecule has 6 aromatic rings. The molecule has 34 heavy (non-hydrogen) atoms. The smallest absolute Gasteiger partial charge is 0.288 e. The van der Waals surface area contributed by atoms with Crippen molar-refractivity contribution in [1.29, 1.82) is 0 Å². The van der Waals surface area contributed by atoms with E-state index >= 15 is 0 Å². The summed E-state index contributed by atoms with van der Waals surface area (Å²) in [7, 11) is -2.34. The summed E-state index contributed by atoms with van der Waals surface area (Å²) in [6, 6.07) is 11.3. The van der Waals surface area contributed by atoms with Gasteiger partial charge in [-0.1, -0.05) is 12.1 Å². The van der Waals surface area contributed by atoms with Crippen LogP contribution in [0, 0.1) is 5.82 Å². The van der Waals surface area contributed by atoms with E-state index in [1.165, 1.54) is 28.9 Å². The monoisotopic (exact) mass is 473 g/mol. The Morgan fingerprint density at radius 1 is 0.824 bits per heavy atom. The van der Waals surface area contributed by atoms with Crippen LogP contribution in [0.3, 0.4) is 0 Å². The quantitative estimate of drug-likeness (QED) is 0.388.